The van der Waals surface area contributed by atoms with Gasteiger partial charge < -0.3 is 0 Å². The molecule has 7 aromatic carbocycles. The molecule has 0 aliphatic heterocycles. The smallest absolute Gasteiger partial charge is 0.0801 e. The van der Waals surface area contributed by atoms with Crippen molar-refractivity contribution in [2.75, 3.05) is 0 Å². The summed E-state index contributed by atoms with van der Waals surface area (Å²) in [5, 5.41) is 3.20. The minimum Gasteiger partial charge on any atom is -0.147 e. The normalized spacial score (nSPS) is 11.6. The second-order valence-electron chi connectivity index (χ2n) is 15.9. The number of rotatable bonds is 2. The van der Waals surface area contributed by atoms with Crippen LogP contribution in [0, 0.1) is 24.3 Å². The molecular formula is C55H53Cl3Zr-4. The van der Waals surface area contributed by atoms with Crippen LogP contribution in [0.15, 0.2) is 164 Å². The molecule has 0 fully saturated rings. The monoisotopic (exact) mass is 908 g/mol. The van der Waals surface area contributed by atoms with Crippen LogP contribution in [0.1, 0.15) is 70.2 Å². The van der Waals surface area contributed by atoms with Crippen LogP contribution in [0.5, 0.6) is 0 Å². The van der Waals surface area contributed by atoms with Gasteiger partial charge in [-0.2, -0.15) is 36.4 Å². The van der Waals surface area contributed by atoms with Gasteiger partial charge in [-0.05, 0) is 39.5 Å². The van der Waals surface area contributed by atoms with E-state index in [1.807, 2.05) is 36.4 Å². The van der Waals surface area contributed by atoms with Crippen molar-refractivity contribution in [3.8, 4) is 33.4 Å². The van der Waals surface area contributed by atoms with E-state index in [0.717, 1.165) is 17.9 Å². The second-order valence-corrected chi connectivity index (χ2v) is 16.3. The van der Waals surface area contributed by atoms with Crippen LogP contribution in [0.25, 0.3) is 44.2 Å². The summed E-state index contributed by atoms with van der Waals surface area (Å²) in [6, 6.07) is 60.2. The Balaban J connectivity index is 0.000000289. The molecule has 4 heteroatoms. The molecule has 9 rings (SSSR count). The van der Waals surface area contributed by atoms with Gasteiger partial charge in [-0.3, -0.25) is 6.08 Å². The van der Waals surface area contributed by atoms with E-state index in [-0.39, 0.29) is 35.6 Å². The van der Waals surface area contributed by atoms with E-state index in [9.17, 15) is 0 Å². The number of hydrogen-bond donors (Lipinski definition) is 0. The summed E-state index contributed by atoms with van der Waals surface area (Å²) in [7, 11) is 0. The molecule has 302 valence electrons. The maximum absolute atomic E-state index is 5.52. The standard InChI is InChI=1S/C33H33.C10H7.C6H4Cl.C5H5.CH2.2ClH.Zr/c1-32(2,3)30-20-26-24(18-28(30)22-13-9-7-10-14-22)17-25-19-29(23-15-11-8-12-16-23)31(21-27(25)26)33(4,5)6;1-2-6-10-8-4-3-7-9(10)5-1;7-6-4-2-1-3-5-6;1-2-4-5-3-1;;;;/h7-16,18,20-21H,17H2,1-6H3;1-7H;2-5H;1-3H,4H2;1H2;2*1H;/q4*-1;;;;. The van der Waals surface area contributed by atoms with Gasteiger partial charge in [-0.25, -0.2) is 12.2 Å². The van der Waals surface area contributed by atoms with E-state index in [1.165, 1.54) is 90.6 Å². The van der Waals surface area contributed by atoms with Gasteiger partial charge in [-0.15, -0.1) is 119 Å². The third-order valence-corrected chi connectivity index (χ3v) is 9.91. The van der Waals surface area contributed by atoms with E-state index < -0.39 is 0 Å². The summed E-state index contributed by atoms with van der Waals surface area (Å²) in [4.78, 5) is 0. The van der Waals surface area contributed by atoms with Crippen molar-refractivity contribution in [3.05, 3.63) is 215 Å². The summed E-state index contributed by atoms with van der Waals surface area (Å²) in [5.41, 5.74) is 13.5. The van der Waals surface area contributed by atoms with Gasteiger partial charge in [0, 0.05) is 0 Å². The van der Waals surface area contributed by atoms with Crippen molar-refractivity contribution in [1.29, 1.82) is 0 Å². The van der Waals surface area contributed by atoms with Gasteiger partial charge in [0.15, 0.2) is 0 Å². The zero-order valence-corrected chi connectivity index (χ0v) is 39.8. The Kier molecular flexibility index (Phi) is 19.7. The summed E-state index contributed by atoms with van der Waals surface area (Å²) in [6.07, 6.45) is 10.9. The molecule has 0 unspecified atom stereocenters. The molecule has 0 amide bonds. The van der Waals surface area contributed by atoms with Gasteiger partial charge in [0.2, 0.25) is 0 Å². The molecule has 7 aromatic rings. The van der Waals surface area contributed by atoms with Crippen LogP contribution in [-0.4, -0.2) is 4.21 Å². The average Bonchev–Trinajstić information content (AvgIpc) is 3.94. The number of halogens is 3. The Hall–Kier alpha value is -4.10. The van der Waals surface area contributed by atoms with Crippen molar-refractivity contribution in [1.82, 2.24) is 0 Å². The minimum atomic E-state index is 0. The van der Waals surface area contributed by atoms with E-state index >= 15 is 0 Å². The van der Waals surface area contributed by atoms with Gasteiger partial charge in [0.1, 0.15) is 0 Å². The van der Waals surface area contributed by atoms with E-state index in [2.05, 4.69) is 173 Å². The van der Waals surface area contributed by atoms with Crippen LogP contribution in [0.3, 0.4) is 0 Å². The third-order valence-electron chi connectivity index (χ3n) is 9.66. The molecule has 0 N–H and O–H groups in total. The quantitative estimate of drug-likeness (QED) is 0.152. The average molecular weight is 912 g/mol. The molecular weight excluding hydrogens is 858 g/mol. The van der Waals surface area contributed by atoms with Crippen molar-refractivity contribution in [3.63, 3.8) is 0 Å². The Morgan fingerprint density at radius 2 is 1.19 bits per heavy atom. The zero-order valence-electron chi connectivity index (χ0n) is 34.9. The van der Waals surface area contributed by atoms with Gasteiger partial charge >= 0.3 is 28.4 Å². The zero-order chi connectivity index (χ0) is 40.8. The van der Waals surface area contributed by atoms with Crippen molar-refractivity contribution in [2.24, 2.45) is 0 Å². The second kappa shape index (κ2) is 23.6. The summed E-state index contributed by atoms with van der Waals surface area (Å²) < 4.78 is 3.34. The van der Waals surface area contributed by atoms with Crippen LogP contribution < -0.4 is 0 Å². The number of benzene rings is 7. The molecule has 0 bridgehead atoms. The van der Waals surface area contributed by atoms with Crippen LogP contribution in [0.4, 0.5) is 0 Å². The fraction of sp³-hybridized carbons (Fsp3) is 0.182. The molecule has 0 nitrogen and oxygen atoms in total. The molecule has 0 atom stereocenters. The van der Waals surface area contributed by atoms with E-state index in [0.29, 0.717) is 0 Å². The third kappa shape index (κ3) is 13.7. The fourth-order valence-corrected chi connectivity index (χ4v) is 7.00. The van der Waals surface area contributed by atoms with Gasteiger partial charge in [-0.1, -0.05) is 148 Å². The Morgan fingerprint density at radius 3 is 1.71 bits per heavy atom. The number of hydrogen-bond acceptors (Lipinski definition) is 0. The Bertz CT molecular complexity index is 2220. The molecule has 0 saturated carbocycles. The van der Waals surface area contributed by atoms with Crippen LogP contribution in [-0.2, 0) is 41.5 Å². The summed E-state index contributed by atoms with van der Waals surface area (Å²) >= 11 is 6.82. The van der Waals surface area contributed by atoms with E-state index in [1.54, 1.807) is 24.3 Å². The maximum Gasteiger partial charge on any atom is -0.0801 e. The first kappa shape index (κ1) is 49.3. The molecule has 59 heavy (non-hydrogen) atoms. The van der Waals surface area contributed by atoms with Crippen LogP contribution >= 0.6 is 36.4 Å². The topological polar surface area (TPSA) is 0 Å². The van der Waals surface area contributed by atoms with Gasteiger partial charge in [0.25, 0.3) is 0 Å². The Labute approximate surface area is 386 Å². The largest absolute Gasteiger partial charge is 0.147 e. The van der Waals surface area contributed by atoms with Crippen molar-refractivity contribution < 1.29 is 24.2 Å². The summed E-state index contributed by atoms with van der Waals surface area (Å²) in [6.45, 7) is 13.9. The molecule has 0 radical (unpaired) electrons. The SMILES string of the molecule is CC(C)(C)c1cc2c([c-]c1-c1ccccc1)Cc1cc(-c3ccccc3)c(C(C)(C)C)cc1-2.Cl.Cl.Clc1cc[c-]cc1.[C-]1=CC=CC1.[CH2]=[Zr].[c-]1cccc2ccccc12. The van der Waals surface area contributed by atoms with Gasteiger partial charge in [0.05, 0.1) is 0 Å². The Morgan fingerprint density at radius 1 is 0.610 bits per heavy atom. The predicted molar refractivity (Wildman–Crippen MR) is 258 cm³/mol. The molecule has 0 saturated heterocycles. The number of fused-ring (bicyclic) bond motifs is 4. The minimum absolute atomic E-state index is 0. The number of allylic oxidation sites excluding steroid dienone is 4. The molecule has 2 aliphatic carbocycles. The van der Waals surface area contributed by atoms with Crippen LogP contribution in [0.2, 0.25) is 5.02 Å². The maximum atomic E-state index is 5.52. The first-order valence-electron chi connectivity index (χ1n) is 19.4. The molecule has 2 aliphatic rings. The first-order chi connectivity index (χ1) is 27.5. The molecule has 0 heterocycles. The van der Waals surface area contributed by atoms with E-state index in [4.69, 9.17) is 11.6 Å². The van der Waals surface area contributed by atoms with Crippen molar-refractivity contribution in [2.45, 2.75) is 65.2 Å². The first-order valence-corrected chi connectivity index (χ1v) is 21.5. The predicted octanol–water partition coefficient (Wildman–Crippen LogP) is 15.9. The summed E-state index contributed by atoms with van der Waals surface area (Å²) in [5.74, 6) is 0. The molecule has 0 spiro atoms. The van der Waals surface area contributed by atoms with Crippen molar-refractivity contribution >= 4 is 51.4 Å². The fourth-order valence-electron chi connectivity index (χ4n) is 6.87. The molecule has 0 aromatic heterocycles.